The predicted molar refractivity (Wildman–Crippen MR) is 55.1 cm³/mol. The smallest absolute Gasteiger partial charge is 0.0357 e. The van der Waals surface area contributed by atoms with Crippen molar-refractivity contribution in [2.75, 3.05) is 0 Å². The Hall–Kier alpha value is 0. The van der Waals surface area contributed by atoms with Crippen molar-refractivity contribution in [3.05, 3.63) is 0 Å². The van der Waals surface area contributed by atoms with Gasteiger partial charge >= 0.3 is 0 Å². The Labute approximate surface area is 77.7 Å². The lowest BCUT2D eigenvalue weighted by atomic mass is 9.96. The van der Waals surface area contributed by atoms with Crippen LogP contribution in [0.15, 0.2) is 0 Å². The largest absolute Gasteiger partial charge is 0.0654 e. The van der Waals surface area contributed by atoms with E-state index in [1.807, 2.05) is 0 Å². The first-order valence-corrected chi connectivity index (χ1v) is 5.65. The molecule has 0 heteroatoms. The van der Waals surface area contributed by atoms with Gasteiger partial charge in [-0.15, -0.1) is 0 Å². The van der Waals surface area contributed by atoms with Gasteiger partial charge in [-0.1, -0.05) is 40.5 Å². The lowest BCUT2D eigenvalue weighted by Crippen LogP contribution is -2.00. The molecule has 0 saturated heterocycles. The van der Waals surface area contributed by atoms with Crippen molar-refractivity contribution in [2.45, 2.75) is 53.4 Å². The van der Waals surface area contributed by atoms with Crippen molar-refractivity contribution in [2.24, 2.45) is 23.7 Å². The van der Waals surface area contributed by atoms with E-state index in [0.717, 1.165) is 23.7 Å². The summed E-state index contributed by atoms with van der Waals surface area (Å²) in [5.74, 6) is 4.09. The van der Waals surface area contributed by atoms with E-state index in [0.29, 0.717) is 0 Å². The summed E-state index contributed by atoms with van der Waals surface area (Å²) in [5.41, 5.74) is 0. The summed E-state index contributed by atoms with van der Waals surface area (Å²) >= 11 is 0. The molecule has 0 nitrogen and oxygen atoms in total. The van der Waals surface area contributed by atoms with E-state index in [1.54, 1.807) is 0 Å². The fraction of sp³-hybridized carbons (Fsp3) is 1.00. The third-order valence-corrected chi connectivity index (χ3v) is 3.23. The molecule has 1 aliphatic rings. The monoisotopic (exact) mass is 168 g/mol. The van der Waals surface area contributed by atoms with Crippen LogP contribution in [0.4, 0.5) is 0 Å². The molecule has 1 aliphatic carbocycles. The molecule has 0 bridgehead atoms. The molecule has 0 aliphatic heterocycles. The van der Waals surface area contributed by atoms with Crippen LogP contribution < -0.4 is 0 Å². The maximum Gasteiger partial charge on any atom is -0.0357 e. The highest BCUT2D eigenvalue weighted by Crippen LogP contribution is 2.49. The second-order valence-electron chi connectivity index (χ2n) is 5.06. The molecule has 0 aromatic carbocycles. The fourth-order valence-electron chi connectivity index (χ4n) is 2.51. The Kier molecular flexibility index (Phi) is 3.61. The van der Waals surface area contributed by atoms with E-state index in [-0.39, 0.29) is 0 Å². The molecule has 0 radical (unpaired) electrons. The van der Waals surface area contributed by atoms with Crippen LogP contribution in [0, 0.1) is 23.7 Å². The van der Waals surface area contributed by atoms with Gasteiger partial charge in [-0.05, 0) is 36.5 Å². The lowest BCUT2D eigenvalue weighted by molar-refractivity contribution is 0.409. The van der Waals surface area contributed by atoms with Crippen LogP contribution in [-0.2, 0) is 0 Å². The van der Waals surface area contributed by atoms with Crippen molar-refractivity contribution < 1.29 is 0 Å². The van der Waals surface area contributed by atoms with E-state index in [2.05, 4.69) is 27.7 Å². The van der Waals surface area contributed by atoms with Crippen LogP contribution in [0.3, 0.4) is 0 Å². The molecule has 12 heavy (non-hydrogen) atoms. The van der Waals surface area contributed by atoms with Gasteiger partial charge < -0.3 is 0 Å². The van der Waals surface area contributed by atoms with Crippen LogP contribution in [0.2, 0.25) is 0 Å². The van der Waals surface area contributed by atoms with Crippen LogP contribution in [-0.4, -0.2) is 0 Å². The minimum absolute atomic E-state index is 0.911. The number of rotatable bonds is 5. The molecular formula is C12H24. The second kappa shape index (κ2) is 4.30. The summed E-state index contributed by atoms with van der Waals surface area (Å²) in [6.45, 7) is 9.44. The van der Waals surface area contributed by atoms with Gasteiger partial charge in [0.1, 0.15) is 0 Å². The van der Waals surface area contributed by atoms with Crippen molar-refractivity contribution in [1.82, 2.24) is 0 Å². The van der Waals surface area contributed by atoms with Crippen molar-refractivity contribution in [1.29, 1.82) is 0 Å². The van der Waals surface area contributed by atoms with Gasteiger partial charge in [0.25, 0.3) is 0 Å². The highest BCUT2D eigenvalue weighted by molar-refractivity contribution is 4.89. The summed E-state index contributed by atoms with van der Waals surface area (Å²) in [5, 5.41) is 0. The summed E-state index contributed by atoms with van der Waals surface area (Å²) in [6.07, 6.45) is 5.81. The molecule has 0 spiro atoms. The SMILES string of the molecule is CCCC(C)C1CC1CC(C)C. The molecule has 0 heterocycles. The predicted octanol–water partition coefficient (Wildman–Crippen LogP) is 4.10. The minimum Gasteiger partial charge on any atom is -0.0654 e. The fourth-order valence-corrected chi connectivity index (χ4v) is 2.51. The molecule has 0 aromatic rings. The first-order valence-electron chi connectivity index (χ1n) is 5.65. The molecular weight excluding hydrogens is 144 g/mol. The Balaban J connectivity index is 2.14. The molecule has 0 amide bonds. The van der Waals surface area contributed by atoms with Gasteiger partial charge in [-0.25, -0.2) is 0 Å². The first kappa shape index (κ1) is 10.1. The summed E-state index contributed by atoms with van der Waals surface area (Å²) < 4.78 is 0. The highest BCUT2D eigenvalue weighted by Gasteiger charge is 2.39. The van der Waals surface area contributed by atoms with Crippen LogP contribution in [0.1, 0.15) is 53.4 Å². The van der Waals surface area contributed by atoms with Gasteiger partial charge in [0.2, 0.25) is 0 Å². The van der Waals surface area contributed by atoms with Crippen LogP contribution >= 0.6 is 0 Å². The Morgan fingerprint density at radius 1 is 1.25 bits per heavy atom. The highest BCUT2D eigenvalue weighted by atomic mass is 14.4. The summed E-state index contributed by atoms with van der Waals surface area (Å²) in [7, 11) is 0. The minimum atomic E-state index is 0.911. The summed E-state index contributed by atoms with van der Waals surface area (Å²) in [6, 6.07) is 0. The zero-order valence-corrected chi connectivity index (χ0v) is 9.14. The first-order chi connectivity index (χ1) is 5.65. The Morgan fingerprint density at radius 3 is 2.42 bits per heavy atom. The zero-order valence-electron chi connectivity index (χ0n) is 9.14. The Bertz CT molecular complexity index is 126. The quantitative estimate of drug-likeness (QED) is 0.579. The molecule has 1 fully saturated rings. The molecule has 0 N–H and O–H groups in total. The van der Waals surface area contributed by atoms with E-state index in [4.69, 9.17) is 0 Å². The standard InChI is InChI=1S/C12H24/c1-5-6-10(4)12-8-11(12)7-9(2)3/h9-12H,5-8H2,1-4H3. The van der Waals surface area contributed by atoms with E-state index < -0.39 is 0 Å². The van der Waals surface area contributed by atoms with Gasteiger partial charge in [0.15, 0.2) is 0 Å². The number of hydrogen-bond donors (Lipinski definition) is 0. The molecule has 3 unspecified atom stereocenters. The van der Waals surface area contributed by atoms with E-state index in [9.17, 15) is 0 Å². The van der Waals surface area contributed by atoms with Gasteiger partial charge in [-0.2, -0.15) is 0 Å². The van der Waals surface area contributed by atoms with Crippen LogP contribution in [0.5, 0.6) is 0 Å². The molecule has 1 rings (SSSR count). The maximum absolute atomic E-state index is 2.44. The van der Waals surface area contributed by atoms with E-state index in [1.165, 1.54) is 25.7 Å². The van der Waals surface area contributed by atoms with E-state index >= 15 is 0 Å². The van der Waals surface area contributed by atoms with Gasteiger partial charge in [-0.3, -0.25) is 0 Å². The van der Waals surface area contributed by atoms with Crippen molar-refractivity contribution in [3.63, 3.8) is 0 Å². The topological polar surface area (TPSA) is 0 Å². The molecule has 0 aromatic heterocycles. The second-order valence-corrected chi connectivity index (χ2v) is 5.06. The van der Waals surface area contributed by atoms with Gasteiger partial charge in [0, 0.05) is 0 Å². The maximum atomic E-state index is 2.44. The summed E-state index contributed by atoms with van der Waals surface area (Å²) in [4.78, 5) is 0. The van der Waals surface area contributed by atoms with Crippen molar-refractivity contribution in [3.8, 4) is 0 Å². The average Bonchev–Trinajstić information content (AvgIpc) is 2.67. The number of hydrogen-bond acceptors (Lipinski definition) is 0. The third-order valence-electron chi connectivity index (χ3n) is 3.23. The normalized spacial score (nSPS) is 30.8. The third kappa shape index (κ3) is 2.80. The zero-order chi connectivity index (χ0) is 9.14. The molecule has 3 atom stereocenters. The Morgan fingerprint density at radius 2 is 1.92 bits per heavy atom. The molecule has 72 valence electrons. The molecule has 1 saturated carbocycles. The lowest BCUT2D eigenvalue weighted by Gasteiger charge is -2.09. The van der Waals surface area contributed by atoms with Gasteiger partial charge in [0.05, 0.1) is 0 Å². The van der Waals surface area contributed by atoms with Crippen LogP contribution in [0.25, 0.3) is 0 Å². The van der Waals surface area contributed by atoms with Crippen molar-refractivity contribution >= 4 is 0 Å². The average molecular weight is 168 g/mol.